The number of nitrogens with zero attached hydrogens (tertiary/aromatic N) is 2. The van der Waals surface area contributed by atoms with Crippen molar-refractivity contribution >= 4 is 11.6 Å². The van der Waals surface area contributed by atoms with Gasteiger partial charge in [0.25, 0.3) is 0 Å². The van der Waals surface area contributed by atoms with E-state index >= 15 is 0 Å². The minimum absolute atomic E-state index is 0.262. The van der Waals surface area contributed by atoms with Gasteiger partial charge in [-0.05, 0) is 5.56 Å². The Hall–Kier alpha value is -2.18. The molecule has 1 amide bonds. The first-order chi connectivity index (χ1) is 9.70. The summed E-state index contributed by atoms with van der Waals surface area (Å²) in [5.74, 6) is -0.262. The maximum Gasteiger partial charge on any atom is 0.245 e. The molecule has 3 N–H and O–H groups in total. The topological polar surface area (TPSA) is 82.2 Å². The number of aromatic nitrogens is 2. The van der Waals surface area contributed by atoms with E-state index in [9.17, 15) is 4.79 Å². The first kappa shape index (κ1) is 14.2. The molecule has 1 aromatic carbocycles. The normalized spacial score (nSPS) is 12.1. The van der Waals surface area contributed by atoms with Crippen molar-refractivity contribution in [1.82, 2.24) is 9.78 Å². The van der Waals surface area contributed by atoms with Crippen molar-refractivity contribution in [2.75, 3.05) is 19.0 Å². The van der Waals surface area contributed by atoms with Crippen molar-refractivity contribution in [3.05, 3.63) is 48.3 Å². The van der Waals surface area contributed by atoms with Crippen LogP contribution in [0.5, 0.6) is 0 Å². The van der Waals surface area contributed by atoms with Crippen molar-refractivity contribution in [2.45, 2.75) is 12.6 Å². The molecule has 1 aromatic heterocycles. The molecule has 6 heteroatoms. The summed E-state index contributed by atoms with van der Waals surface area (Å²) in [6, 6.07) is 8.54. The Balaban J connectivity index is 1.95. The summed E-state index contributed by atoms with van der Waals surface area (Å²) in [5, 5.41) is 6.87. The summed E-state index contributed by atoms with van der Waals surface area (Å²) in [6.07, 6.45) is 3.33. The van der Waals surface area contributed by atoms with E-state index in [1.54, 1.807) is 24.2 Å². The van der Waals surface area contributed by atoms with Crippen LogP contribution in [-0.2, 0) is 16.1 Å². The van der Waals surface area contributed by atoms with Gasteiger partial charge in [0.05, 0.1) is 25.0 Å². The van der Waals surface area contributed by atoms with Gasteiger partial charge in [0.2, 0.25) is 5.91 Å². The number of rotatable bonds is 6. The lowest BCUT2D eigenvalue weighted by atomic mass is 10.1. The molecule has 0 spiro atoms. The number of nitrogens with two attached hydrogens (primary N) is 1. The smallest absolute Gasteiger partial charge is 0.245 e. The zero-order chi connectivity index (χ0) is 14.4. The third-order valence-electron chi connectivity index (χ3n) is 2.87. The molecule has 0 aliphatic rings. The van der Waals surface area contributed by atoms with Gasteiger partial charge in [-0.15, -0.1) is 0 Å². The number of anilines is 1. The number of carbonyl (C=O) groups excluding carboxylic acids is 1. The second kappa shape index (κ2) is 6.83. The van der Waals surface area contributed by atoms with Gasteiger partial charge in [-0.1, -0.05) is 30.3 Å². The zero-order valence-corrected chi connectivity index (χ0v) is 11.3. The van der Waals surface area contributed by atoms with Gasteiger partial charge in [0, 0.05) is 13.3 Å². The van der Waals surface area contributed by atoms with E-state index in [2.05, 4.69) is 10.4 Å². The summed E-state index contributed by atoms with van der Waals surface area (Å²) in [6.45, 7) is 1.20. The summed E-state index contributed by atoms with van der Waals surface area (Å²) in [4.78, 5) is 12.0. The molecular formula is C14H18N4O2. The van der Waals surface area contributed by atoms with E-state index in [1.165, 1.54) is 0 Å². The van der Waals surface area contributed by atoms with Crippen LogP contribution in [0.4, 0.5) is 5.69 Å². The van der Waals surface area contributed by atoms with Crippen LogP contribution in [0.25, 0.3) is 0 Å². The standard InChI is InChI=1S/C14H18N4O2/c1-20-8-7-18-10-12(9-16-18)17-14(19)13(15)11-5-3-2-4-6-11/h2-6,9-10,13H,7-8,15H2,1H3,(H,17,19)/t13-/m1/s1. The van der Waals surface area contributed by atoms with Gasteiger partial charge >= 0.3 is 0 Å². The number of methoxy groups -OCH3 is 1. The van der Waals surface area contributed by atoms with Crippen LogP contribution in [0.3, 0.4) is 0 Å². The van der Waals surface area contributed by atoms with Crippen LogP contribution >= 0.6 is 0 Å². The van der Waals surface area contributed by atoms with Crippen LogP contribution < -0.4 is 11.1 Å². The molecule has 0 unspecified atom stereocenters. The number of benzene rings is 1. The van der Waals surface area contributed by atoms with Gasteiger partial charge in [0.15, 0.2) is 0 Å². The fraction of sp³-hybridized carbons (Fsp3) is 0.286. The van der Waals surface area contributed by atoms with Crippen LogP contribution in [-0.4, -0.2) is 29.4 Å². The number of carbonyl (C=O) groups is 1. The van der Waals surface area contributed by atoms with Crippen molar-refractivity contribution in [3.63, 3.8) is 0 Å². The molecule has 0 fully saturated rings. The average molecular weight is 274 g/mol. The third kappa shape index (κ3) is 3.66. The second-order valence-corrected chi connectivity index (χ2v) is 4.36. The van der Waals surface area contributed by atoms with E-state index in [1.807, 2.05) is 30.3 Å². The molecular weight excluding hydrogens is 256 g/mol. The van der Waals surface area contributed by atoms with Crippen molar-refractivity contribution < 1.29 is 9.53 Å². The van der Waals surface area contributed by atoms with E-state index in [-0.39, 0.29) is 5.91 Å². The molecule has 0 aliphatic carbocycles. The Labute approximate surface area is 117 Å². The lowest BCUT2D eigenvalue weighted by molar-refractivity contribution is -0.117. The van der Waals surface area contributed by atoms with Gasteiger partial charge in [-0.3, -0.25) is 9.48 Å². The number of hydrogen-bond donors (Lipinski definition) is 2. The zero-order valence-electron chi connectivity index (χ0n) is 11.3. The molecule has 0 saturated heterocycles. The summed E-state index contributed by atoms with van der Waals surface area (Å²) in [5.41, 5.74) is 7.31. The Morgan fingerprint density at radius 1 is 1.45 bits per heavy atom. The molecule has 1 atom stereocenters. The number of ether oxygens (including phenoxy) is 1. The number of hydrogen-bond acceptors (Lipinski definition) is 4. The molecule has 106 valence electrons. The predicted molar refractivity (Wildman–Crippen MR) is 76.1 cm³/mol. The highest BCUT2D eigenvalue weighted by Crippen LogP contribution is 2.13. The Morgan fingerprint density at radius 3 is 2.90 bits per heavy atom. The number of amides is 1. The van der Waals surface area contributed by atoms with Crippen molar-refractivity contribution in [2.24, 2.45) is 5.73 Å². The first-order valence-electron chi connectivity index (χ1n) is 6.33. The Morgan fingerprint density at radius 2 is 2.20 bits per heavy atom. The third-order valence-corrected chi connectivity index (χ3v) is 2.87. The van der Waals surface area contributed by atoms with Gasteiger partial charge < -0.3 is 15.8 Å². The van der Waals surface area contributed by atoms with Gasteiger partial charge in [-0.2, -0.15) is 5.10 Å². The molecule has 2 aromatic rings. The predicted octanol–water partition coefficient (Wildman–Crippen LogP) is 1.17. The van der Waals surface area contributed by atoms with Crippen LogP contribution in [0.15, 0.2) is 42.7 Å². The number of nitrogens with one attached hydrogen (secondary N) is 1. The fourth-order valence-electron chi connectivity index (χ4n) is 1.77. The van der Waals surface area contributed by atoms with E-state index in [0.29, 0.717) is 18.8 Å². The van der Waals surface area contributed by atoms with Crippen molar-refractivity contribution in [3.8, 4) is 0 Å². The largest absolute Gasteiger partial charge is 0.383 e. The van der Waals surface area contributed by atoms with E-state index in [4.69, 9.17) is 10.5 Å². The van der Waals surface area contributed by atoms with Crippen molar-refractivity contribution in [1.29, 1.82) is 0 Å². The quantitative estimate of drug-likeness (QED) is 0.828. The second-order valence-electron chi connectivity index (χ2n) is 4.36. The molecule has 0 aliphatic heterocycles. The molecule has 6 nitrogen and oxygen atoms in total. The minimum Gasteiger partial charge on any atom is -0.383 e. The maximum atomic E-state index is 12.0. The first-order valence-corrected chi connectivity index (χ1v) is 6.33. The molecule has 0 radical (unpaired) electrons. The lowest BCUT2D eigenvalue weighted by Crippen LogP contribution is -2.27. The Kier molecular flexibility index (Phi) is 4.86. The monoisotopic (exact) mass is 274 g/mol. The average Bonchev–Trinajstić information content (AvgIpc) is 2.92. The molecule has 0 bridgehead atoms. The van der Waals surface area contributed by atoms with Gasteiger partial charge in [-0.25, -0.2) is 0 Å². The fourth-order valence-corrected chi connectivity index (χ4v) is 1.77. The SMILES string of the molecule is COCCn1cc(NC(=O)[C@H](N)c2ccccc2)cn1. The summed E-state index contributed by atoms with van der Waals surface area (Å²) >= 11 is 0. The summed E-state index contributed by atoms with van der Waals surface area (Å²) < 4.78 is 6.67. The van der Waals surface area contributed by atoms with Crippen LogP contribution in [0.2, 0.25) is 0 Å². The van der Waals surface area contributed by atoms with E-state index in [0.717, 1.165) is 5.56 Å². The molecule has 2 rings (SSSR count). The highest BCUT2D eigenvalue weighted by molar-refractivity contribution is 5.95. The lowest BCUT2D eigenvalue weighted by Gasteiger charge is -2.11. The minimum atomic E-state index is -0.696. The van der Waals surface area contributed by atoms with Gasteiger partial charge in [0.1, 0.15) is 6.04 Å². The maximum absolute atomic E-state index is 12.0. The van der Waals surface area contributed by atoms with Crippen LogP contribution in [0.1, 0.15) is 11.6 Å². The molecule has 0 saturated carbocycles. The highest BCUT2D eigenvalue weighted by atomic mass is 16.5. The van der Waals surface area contributed by atoms with Crippen LogP contribution in [0, 0.1) is 0 Å². The summed E-state index contributed by atoms with van der Waals surface area (Å²) in [7, 11) is 1.63. The highest BCUT2D eigenvalue weighted by Gasteiger charge is 2.16. The molecule has 20 heavy (non-hydrogen) atoms. The molecule has 1 heterocycles. The van der Waals surface area contributed by atoms with E-state index < -0.39 is 6.04 Å². The Bertz CT molecular complexity index is 553.